The van der Waals surface area contributed by atoms with E-state index in [0.717, 1.165) is 41.5 Å². The summed E-state index contributed by atoms with van der Waals surface area (Å²) in [5, 5.41) is 2.93. The largest absolute Gasteiger partial charge is 0.368 e. The summed E-state index contributed by atoms with van der Waals surface area (Å²) in [4.78, 5) is 25.1. The second-order valence-corrected chi connectivity index (χ2v) is 7.63. The van der Waals surface area contributed by atoms with Crippen molar-refractivity contribution in [2.75, 3.05) is 0 Å². The highest BCUT2D eigenvalue weighted by Crippen LogP contribution is 2.44. The van der Waals surface area contributed by atoms with Gasteiger partial charge in [0.25, 0.3) is 0 Å². The van der Waals surface area contributed by atoms with Gasteiger partial charge in [-0.15, -0.1) is 0 Å². The maximum atomic E-state index is 13.1. The van der Waals surface area contributed by atoms with E-state index in [2.05, 4.69) is 12.2 Å². The van der Waals surface area contributed by atoms with Crippen LogP contribution in [0, 0.1) is 0 Å². The van der Waals surface area contributed by atoms with Crippen LogP contribution in [0.5, 0.6) is 0 Å². The van der Waals surface area contributed by atoms with Crippen LogP contribution in [0.1, 0.15) is 68.9 Å². The molecule has 4 nitrogen and oxygen atoms in total. The van der Waals surface area contributed by atoms with Gasteiger partial charge in [-0.2, -0.15) is 0 Å². The Kier molecular flexibility index (Phi) is 6.85. The van der Waals surface area contributed by atoms with E-state index in [9.17, 15) is 9.59 Å². The number of hydrogen-bond acceptors (Lipinski definition) is 2. The molecule has 0 saturated heterocycles. The zero-order valence-electron chi connectivity index (χ0n) is 16.6. The summed E-state index contributed by atoms with van der Waals surface area (Å²) in [6, 6.07) is 15.3. The highest BCUT2D eigenvalue weighted by atomic mass is 16.2. The first-order chi connectivity index (χ1) is 13.6. The number of rotatable bonds is 10. The first-order valence-corrected chi connectivity index (χ1v) is 10.4. The number of carbonyl (C=O) groups is 2. The first-order valence-electron chi connectivity index (χ1n) is 10.4. The molecule has 2 amide bonds. The molecule has 0 aromatic heterocycles. The van der Waals surface area contributed by atoms with Gasteiger partial charge >= 0.3 is 0 Å². The van der Waals surface area contributed by atoms with E-state index in [0.29, 0.717) is 6.42 Å². The number of unbranched alkanes of at least 4 members (excludes halogenated alkanes) is 5. The van der Waals surface area contributed by atoms with Crippen molar-refractivity contribution >= 4 is 11.8 Å². The molecule has 0 saturated carbocycles. The highest BCUT2D eigenvalue weighted by molar-refractivity contribution is 5.98. The normalized spacial score (nSPS) is 13.6. The predicted octanol–water partition coefficient (Wildman–Crippen LogP) is 4.52. The Morgan fingerprint density at radius 2 is 1.43 bits per heavy atom. The molecule has 2 aromatic rings. The summed E-state index contributed by atoms with van der Waals surface area (Å²) in [6.45, 7) is 2.19. The molecule has 3 rings (SSSR count). The van der Waals surface area contributed by atoms with Crippen LogP contribution in [-0.2, 0) is 9.59 Å². The molecule has 0 unspecified atom stereocenters. The topological polar surface area (TPSA) is 72.2 Å². The number of fused-ring (bicyclic) bond motifs is 3. The van der Waals surface area contributed by atoms with Crippen LogP contribution in [0.15, 0.2) is 48.5 Å². The summed E-state index contributed by atoms with van der Waals surface area (Å²) in [5.74, 6) is -0.993. The number of nitrogens with two attached hydrogens (primary N) is 1. The first kappa shape index (κ1) is 20.1. The monoisotopic (exact) mass is 378 g/mol. The molecule has 0 heterocycles. The smallest absolute Gasteiger partial charge is 0.240 e. The van der Waals surface area contributed by atoms with Gasteiger partial charge in [0.05, 0.1) is 5.92 Å². The van der Waals surface area contributed by atoms with Gasteiger partial charge in [-0.05, 0) is 28.7 Å². The van der Waals surface area contributed by atoms with E-state index < -0.39 is 11.9 Å². The van der Waals surface area contributed by atoms with Gasteiger partial charge in [0, 0.05) is 0 Å². The van der Waals surface area contributed by atoms with Gasteiger partial charge in [-0.25, -0.2) is 0 Å². The van der Waals surface area contributed by atoms with Crippen molar-refractivity contribution in [3.8, 4) is 11.1 Å². The molecule has 3 N–H and O–H groups in total. The van der Waals surface area contributed by atoms with E-state index in [4.69, 9.17) is 5.73 Å². The molecule has 28 heavy (non-hydrogen) atoms. The molecule has 0 bridgehead atoms. The lowest BCUT2D eigenvalue weighted by molar-refractivity contribution is -0.127. The lowest BCUT2D eigenvalue weighted by Gasteiger charge is -2.19. The fourth-order valence-corrected chi connectivity index (χ4v) is 4.11. The van der Waals surface area contributed by atoms with Crippen LogP contribution in [0.4, 0.5) is 0 Å². The number of hydrogen-bond donors (Lipinski definition) is 2. The maximum absolute atomic E-state index is 13.1. The minimum absolute atomic E-state index is 0.146. The van der Waals surface area contributed by atoms with E-state index in [1.54, 1.807) is 0 Å². The van der Waals surface area contributed by atoms with Crippen molar-refractivity contribution in [3.05, 3.63) is 59.7 Å². The van der Waals surface area contributed by atoms with Crippen molar-refractivity contribution in [1.82, 2.24) is 5.32 Å². The van der Waals surface area contributed by atoms with E-state index in [1.807, 2.05) is 48.5 Å². The molecule has 148 valence electrons. The third-order valence-electron chi connectivity index (χ3n) is 5.60. The molecule has 1 aliphatic carbocycles. The van der Waals surface area contributed by atoms with Gasteiger partial charge in [0.2, 0.25) is 11.8 Å². The van der Waals surface area contributed by atoms with Crippen LogP contribution >= 0.6 is 0 Å². The summed E-state index contributed by atoms with van der Waals surface area (Å²) in [6.07, 6.45) is 7.41. The molecule has 1 aliphatic rings. The SMILES string of the molecule is CCCCCCCC[C@@H](NC(=O)C1c2ccccc2-c2ccccc21)C(N)=O. The Balaban J connectivity index is 1.68. The lowest BCUT2D eigenvalue weighted by Crippen LogP contribution is -2.46. The fraction of sp³-hybridized carbons (Fsp3) is 0.417. The van der Waals surface area contributed by atoms with Gasteiger partial charge in [0.15, 0.2) is 0 Å². The number of primary amides is 1. The molecule has 0 spiro atoms. The quantitative estimate of drug-likeness (QED) is 0.597. The minimum atomic E-state index is -0.612. The number of amides is 2. The standard InChI is InChI=1S/C24H30N2O2/c1-2-3-4-5-6-7-16-21(23(25)27)26-24(28)22-19-14-10-8-12-17(19)18-13-9-11-15-20(18)22/h8-15,21-22H,2-7,16H2,1H3,(H2,25,27)(H,26,28)/t21-/m1/s1. The number of nitrogens with one attached hydrogen (secondary N) is 1. The second-order valence-electron chi connectivity index (χ2n) is 7.63. The van der Waals surface area contributed by atoms with Gasteiger partial charge in [-0.1, -0.05) is 94.0 Å². The van der Waals surface area contributed by atoms with Crippen LogP contribution in [0.2, 0.25) is 0 Å². The maximum Gasteiger partial charge on any atom is 0.240 e. The van der Waals surface area contributed by atoms with Gasteiger partial charge < -0.3 is 11.1 Å². The zero-order chi connectivity index (χ0) is 19.9. The van der Waals surface area contributed by atoms with Crippen molar-refractivity contribution in [3.63, 3.8) is 0 Å². The fourth-order valence-electron chi connectivity index (χ4n) is 4.11. The summed E-state index contributed by atoms with van der Waals surface area (Å²) in [5.41, 5.74) is 9.74. The second kappa shape index (κ2) is 9.54. The predicted molar refractivity (Wildman–Crippen MR) is 113 cm³/mol. The summed E-state index contributed by atoms with van der Waals surface area (Å²) < 4.78 is 0. The van der Waals surface area contributed by atoms with Gasteiger partial charge in [0.1, 0.15) is 6.04 Å². The van der Waals surface area contributed by atoms with Crippen LogP contribution < -0.4 is 11.1 Å². The third kappa shape index (κ3) is 4.44. The highest BCUT2D eigenvalue weighted by Gasteiger charge is 2.34. The van der Waals surface area contributed by atoms with Gasteiger partial charge in [-0.3, -0.25) is 9.59 Å². The number of carbonyl (C=O) groups excluding carboxylic acids is 2. The Morgan fingerprint density at radius 3 is 2.00 bits per heavy atom. The molecule has 0 aliphatic heterocycles. The molecule has 1 atom stereocenters. The van der Waals surface area contributed by atoms with Crippen LogP contribution in [0.25, 0.3) is 11.1 Å². The van der Waals surface area contributed by atoms with Crippen molar-refractivity contribution in [2.24, 2.45) is 5.73 Å². The molecule has 0 radical (unpaired) electrons. The Bertz CT molecular complexity index is 785. The van der Waals surface area contributed by atoms with Crippen LogP contribution in [0.3, 0.4) is 0 Å². The number of benzene rings is 2. The average molecular weight is 379 g/mol. The molecule has 4 heteroatoms. The van der Waals surface area contributed by atoms with Crippen molar-refractivity contribution in [1.29, 1.82) is 0 Å². The van der Waals surface area contributed by atoms with E-state index >= 15 is 0 Å². The Hall–Kier alpha value is -2.62. The Morgan fingerprint density at radius 1 is 0.893 bits per heavy atom. The molecule has 2 aromatic carbocycles. The van der Waals surface area contributed by atoms with Crippen LogP contribution in [-0.4, -0.2) is 17.9 Å². The van der Waals surface area contributed by atoms with Crippen molar-refractivity contribution < 1.29 is 9.59 Å². The van der Waals surface area contributed by atoms with E-state index in [1.165, 1.54) is 19.3 Å². The summed E-state index contributed by atoms with van der Waals surface area (Å²) in [7, 11) is 0. The molecule has 0 fully saturated rings. The average Bonchev–Trinajstić information content (AvgIpc) is 3.04. The van der Waals surface area contributed by atoms with Crippen molar-refractivity contribution in [2.45, 2.75) is 63.8 Å². The summed E-state index contributed by atoms with van der Waals surface area (Å²) >= 11 is 0. The third-order valence-corrected chi connectivity index (χ3v) is 5.60. The molecular weight excluding hydrogens is 348 g/mol. The lowest BCUT2D eigenvalue weighted by atomic mass is 9.95. The van der Waals surface area contributed by atoms with E-state index in [-0.39, 0.29) is 11.8 Å². The minimum Gasteiger partial charge on any atom is -0.368 e. The zero-order valence-corrected chi connectivity index (χ0v) is 16.6. The Labute approximate surface area is 167 Å². The molecular formula is C24H30N2O2.